The molecule has 112 valence electrons. The van der Waals surface area contributed by atoms with Gasteiger partial charge in [-0.25, -0.2) is 17.5 Å². The molecule has 2 rings (SSSR count). The van der Waals surface area contributed by atoms with Crippen molar-refractivity contribution in [1.29, 1.82) is 0 Å². The second kappa shape index (κ2) is 6.19. The van der Waals surface area contributed by atoms with Crippen LogP contribution in [-0.4, -0.2) is 8.42 Å². The van der Waals surface area contributed by atoms with Crippen LogP contribution in [0.4, 0.5) is 10.1 Å². The maximum absolute atomic E-state index is 13.8. The fraction of sp³-hybridized carbons (Fsp3) is 0.0769. The summed E-state index contributed by atoms with van der Waals surface area (Å²) in [5.41, 5.74) is 6.19. The fourth-order valence-electron chi connectivity index (χ4n) is 1.68. The summed E-state index contributed by atoms with van der Waals surface area (Å²) in [6, 6.07) is 8.80. The van der Waals surface area contributed by atoms with Gasteiger partial charge in [0.25, 0.3) is 0 Å². The maximum Gasteiger partial charge on any atom is 0.243 e. The van der Waals surface area contributed by atoms with Crippen LogP contribution < -0.4 is 10.5 Å². The van der Waals surface area contributed by atoms with Gasteiger partial charge in [0.05, 0.1) is 5.02 Å². The lowest BCUT2D eigenvalue weighted by atomic mass is 10.2. The highest BCUT2D eigenvalue weighted by Crippen LogP contribution is 2.25. The third kappa shape index (κ3) is 3.85. The molecule has 0 spiro atoms. The fourth-order valence-corrected chi connectivity index (χ4v) is 3.33. The van der Waals surface area contributed by atoms with Crippen LogP contribution in [0.15, 0.2) is 41.3 Å². The van der Waals surface area contributed by atoms with Gasteiger partial charge in [-0.1, -0.05) is 35.3 Å². The van der Waals surface area contributed by atoms with Crippen LogP contribution in [0.2, 0.25) is 10.0 Å². The summed E-state index contributed by atoms with van der Waals surface area (Å²) in [6.07, 6.45) is 0. The molecular formula is C13H11Cl2FN2O2S. The van der Waals surface area contributed by atoms with E-state index in [0.717, 1.165) is 12.1 Å². The van der Waals surface area contributed by atoms with Crippen molar-refractivity contribution >= 4 is 38.9 Å². The van der Waals surface area contributed by atoms with Gasteiger partial charge in [0.2, 0.25) is 10.0 Å². The Morgan fingerprint density at radius 1 is 1.19 bits per heavy atom. The van der Waals surface area contributed by atoms with Crippen molar-refractivity contribution < 1.29 is 12.8 Å². The number of hydrogen-bond acceptors (Lipinski definition) is 3. The van der Waals surface area contributed by atoms with E-state index < -0.39 is 20.7 Å². The first-order valence-electron chi connectivity index (χ1n) is 5.78. The van der Waals surface area contributed by atoms with Crippen LogP contribution in [-0.2, 0) is 16.6 Å². The summed E-state index contributed by atoms with van der Waals surface area (Å²) < 4.78 is 40.3. The SMILES string of the molecule is Nc1cc(Cl)c(F)c(S(=O)(=O)NCc2cccc(Cl)c2)c1. The molecule has 0 aliphatic carbocycles. The Bertz CT molecular complexity index is 782. The van der Waals surface area contributed by atoms with Crippen molar-refractivity contribution in [2.45, 2.75) is 11.4 Å². The van der Waals surface area contributed by atoms with Crippen molar-refractivity contribution in [3.05, 3.63) is 57.8 Å². The normalized spacial score (nSPS) is 11.6. The summed E-state index contributed by atoms with van der Waals surface area (Å²) in [7, 11) is -4.08. The molecule has 0 bridgehead atoms. The number of sulfonamides is 1. The van der Waals surface area contributed by atoms with Gasteiger partial charge in [-0.3, -0.25) is 0 Å². The molecule has 0 unspecified atom stereocenters. The van der Waals surface area contributed by atoms with Crippen LogP contribution in [0.1, 0.15) is 5.56 Å². The molecule has 0 saturated carbocycles. The average Bonchev–Trinajstić information content (AvgIpc) is 2.41. The molecular weight excluding hydrogens is 338 g/mol. The molecule has 0 radical (unpaired) electrons. The van der Waals surface area contributed by atoms with Crippen LogP contribution in [0.5, 0.6) is 0 Å². The predicted octanol–water partition coefficient (Wildman–Crippen LogP) is 3.19. The minimum atomic E-state index is -4.08. The van der Waals surface area contributed by atoms with E-state index in [-0.39, 0.29) is 17.3 Å². The molecule has 8 heteroatoms. The van der Waals surface area contributed by atoms with Crippen molar-refractivity contribution in [2.24, 2.45) is 0 Å². The van der Waals surface area contributed by atoms with Gasteiger partial charge in [-0.2, -0.15) is 0 Å². The smallest absolute Gasteiger partial charge is 0.243 e. The third-order valence-electron chi connectivity index (χ3n) is 2.66. The van der Waals surface area contributed by atoms with Gasteiger partial charge in [0.15, 0.2) is 5.82 Å². The minimum absolute atomic E-state index is 0.0330. The topological polar surface area (TPSA) is 72.2 Å². The highest BCUT2D eigenvalue weighted by atomic mass is 35.5. The first-order chi connectivity index (χ1) is 9.79. The molecule has 2 aromatic rings. The maximum atomic E-state index is 13.8. The highest BCUT2D eigenvalue weighted by Gasteiger charge is 2.21. The number of nitrogen functional groups attached to an aromatic ring is 1. The van der Waals surface area contributed by atoms with Gasteiger partial charge in [-0.15, -0.1) is 0 Å². The van der Waals surface area contributed by atoms with Gasteiger partial charge < -0.3 is 5.73 Å². The van der Waals surface area contributed by atoms with Gasteiger partial charge >= 0.3 is 0 Å². The molecule has 4 nitrogen and oxygen atoms in total. The quantitative estimate of drug-likeness (QED) is 0.833. The molecule has 0 amide bonds. The molecule has 21 heavy (non-hydrogen) atoms. The van der Waals surface area contributed by atoms with Crippen LogP contribution >= 0.6 is 23.2 Å². The van der Waals surface area contributed by atoms with E-state index in [2.05, 4.69) is 4.72 Å². The Kier molecular flexibility index (Phi) is 4.73. The summed E-state index contributed by atoms with van der Waals surface area (Å²) in [4.78, 5) is -0.588. The number of benzene rings is 2. The molecule has 0 aliphatic heterocycles. The molecule has 2 aromatic carbocycles. The molecule has 0 atom stereocenters. The van der Waals surface area contributed by atoms with E-state index in [9.17, 15) is 12.8 Å². The number of hydrogen-bond donors (Lipinski definition) is 2. The number of nitrogens with one attached hydrogen (secondary N) is 1. The second-order valence-electron chi connectivity index (χ2n) is 4.27. The molecule has 0 aliphatic rings. The van der Waals surface area contributed by atoms with Crippen molar-refractivity contribution in [2.75, 3.05) is 5.73 Å². The van der Waals surface area contributed by atoms with E-state index in [1.54, 1.807) is 24.3 Å². The Morgan fingerprint density at radius 3 is 2.57 bits per heavy atom. The minimum Gasteiger partial charge on any atom is -0.399 e. The lowest BCUT2D eigenvalue weighted by Crippen LogP contribution is -2.24. The molecule has 0 fully saturated rings. The first kappa shape index (κ1) is 16.0. The molecule has 3 N–H and O–H groups in total. The third-order valence-corrected chi connectivity index (χ3v) is 4.57. The zero-order valence-corrected chi connectivity index (χ0v) is 12.9. The van der Waals surface area contributed by atoms with E-state index >= 15 is 0 Å². The van der Waals surface area contributed by atoms with Gasteiger partial charge in [0.1, 0.15) is 4.90 Å². The Labute approximate surface area is 131 Å². The van der Waals surface area contributed by atoms with Gasteiger partial charge in [0, 0.05) is 17.3 Å². The number of halogens is 3. The van der Waals surface area contributed by atoms with E-state index in [1.807, 2.05) is 0 Å². The second-order valence-corrected chi connectivity index (χ2v) is 6.85. The molecule has 0 aromatic heterocycles. The predicted molar refractivity (Wildman–Crippen MR) is 81.3 cm³/mol. The zero-order valence-electron chi connectivity index (χ0n) is 10.6. The molecule has 0 heterocycles. The first-order valence-corrected chi connectivity index (χ1v) is 8.02. The Balaban J connectivity index is 2.27. The highest BCUT2D eigenvalue weighted by molar-refractivity contribution is 7.89. The Morgan fingerprint density at radius 2 is 1.90 bits per heavy atom. The lowest BCUT2D eigenvalue weighted by Gasteiger charge is -2.09. The standard InChI is InChI=1S/C13H11Cl2FN2O2S/c14-9-3-1-2-8(4-9)7-18-21(19,20)12-6-10(17)5-11(15)13(12)16/h1-6,18H,7,17H2. The average molecular weight is 349 g/mol. The van der Waals surface area contributed by atoms with E-state index in [4.69, 9.17) is 28.9 Å². The van der Waals surface area contributed by atoms with Crippen molar-refractivity contribution in [1.82, 2.24) is 4.72 Å². The van der Waals surface area contributed by atoms with Crippen LogP contribution in [0.3, 0.4) is 0 Å². The number of rotatable bonds is 4. The van der Waals surface area contributed by atoms with E-state index in [1.165, 1.54) is 0 Å². The van der Waals surface area contributed by atoms with Crippen molar-refractivity contribution in [3.63, 3.8) is 0 Å². The lowest BCUT2D eigenvalue weighted by molar-refractivity contribution is 0.557. The number of anilines is 1. The summed E-state index contributed by atoms with van der Waals surface area (Å²) >= 11 is 11.4. The van der Waals surface area contributed by atoms with Crippen LogP contribution in [0, 0.1) is 5.82 Å². The molecule has 0 saturated heterocycles. The largest absolute Gasteiger partial charge is 0.399 e. The van der Waals surface area contributed by atoms with Crippen molar-refractivity contribution in [3.8, 4) is 0 Å². The summed E-state index contributed by atoms with van der Waals surface area (Å²) in [6.45, 7) is -0.0330. The number of nitrogens with two attached hydrogens (primary N) is 1. The van der Waals surface area contributed by atoms with E-state index in [0.29, 0.717) is 10.6 Å². The van der Waals surface area contributed by atoms with Crippen LogP contribution in [0.25, 0.3) is 0 Å². The Hall–Kier alpha value is -1.34. The zero-order chi connectivity index (χ0) is 15.6. The monoisotopic (exact) mass is 348 g/mol. The van der Waals surface area contributed by atoms with Gasteiger partial charge in [-0.05, 0) is 29.8 Å². The summed E-state index contributed by atoms with van der Waals surface area (Å²) in [5, 5.41) is 0.128. The summed E-state index contributed by atoms with van der Waals surface area (Å²) in [5.74, 6) is -1.04.